The molecule has 0 amide bonds. The van der Waals surface area contributed by atoms with Gasteiger partial charge < -0.3 is 0 Å². The van der Waals surface area contributed by atoms with Gasteiger partial charge >= 0.3 is 0 Å². The second-order valence-corrected chi connectivity index (χ2v) is 7.46. The molecule has 0 spiro atoms. The van der Waals surface area contributed by atoms with Gasteiger partial charge in [0.2, 0.25) is 0 Å². The normalized spacial score (nSPS) is 12.2. The van der Waals surface area contributed by atoms with Gasteiger partial charge in [-0.1, -0.05) is 64.1 Å². The lowest BCUT2D eigenvalue weighted by molar-refractivity contribution is 1.43. The van der Waals surface area contributed by atoms with E-state index in [-0.39, 0.29) is 0 Å². The van der Waals surface area contributed by atoms with Gasteiger partial charge in [-0.25, -0.2) is 0 Å². The fourth-order valence-electron chi connectivity index (χ4n) is 2.55. The van der Waals surface area contributed by atoms with E-state index in [1.54, 1.807) is 0 Å². The van der Waals surface area contributed by atoms with Gasteiger partial charge in [-0.2, -0.15) is 0 Å². The van der Waals surface area contributed by atoms with Crippen LogP contribution < -0.4 is 0 Å². The second-order valence-electron chi connectivity index (χ2n) is 4.68. The summed E-state index contributed by atoms with van der Waals surface area (Å²) in [7, 11) is 0. The minimum Gasteiger partial charge on any atom is -0.139 e. The van der Waals surface area contributed by atoms with Gasteiger partial charge in [0, 0.05) is 36.0 Å². The van der Waals surface area contributed by atoms with Crippen LogP contribution in [0.15, 0.2) is 64.4 Å². The Bertz CT molecular complexity index is 726. The molecule has 0 aliphatic carbocycles. The van der Waals surface area contributed by atoms with Crippen molar-refractivity contribution in [2.24, 2.45) is 0 Å². The van der Waals surface area contributed by atoms with Crippen LogP contribution in [0.4, 0.5) is 0 Å². The first-order chi connectivity index (χ1) is 9.86. The lowest BCUT2D eigenvalue weighted by atomic mass is 10.0. The Morgan fingerprint density at radius 3 is 2.20 bits per heavy atom. The highest BCUT2D eigenvalue weighted by atomic mass is 79.9. The average molecular weight is 359 g/mol. The Kier molecular flexibility index (Phi) is 3.21. The van der Waals surface area contributed by atoms with Crippen molar-refractivity contribution in [2.45, 2.75) is 15.1 Å². The molecule has 20 heavy (non-hydrogen) atoms. The molecule has 1 aliphatic heterocycles. The maximum atomic E-state index is 3.59. The summed E-state index contributed by atoms with van der Waals surface area (Å²) in [6, 6.07) is 19.7. The predicted octanol–water partition coefficient (Wildman–Crippen LogP) is 6.44. The molecule has 0 saturated carbocycles. The van der Waals surface area contributed by atoms with E-state index in [9.17, 15) is 0 Å². The molecule has 2 heterocycles. The van der Waals surface area contributed by atoms with Crippen molar-refractivity contribution < 1.29 is 0 Å². The summed E-state index contributed by atoms with van der Waals surface area (Å²) in [5.74, 6) is 0. The van der Waals surface area contributed by atoms with Crippen LogP contribution in [-0.2, 0) is 5.33 Å². The van der Waals surface area contributed by atoms with Crippen molar-refractivity contribution in [3.05, 3.63) is 59.5 Å². The quantitative estimate of drug-likeness (QED) is 0.352. The summed E-state index contributed by atoms with van der Waals surface area (Å²) >= 11 is 7.36. The highest BCUT2D eigenvalue weighted by Gasteiger charge is 2.21. The molecule has 1 aromatic heterocycles. The Hall–Kier alpha value is -1.03. The molecule has 4 rings (SSSR count). The SMILES string of the molecule is BrCc1cc2c(s1)-c1ccccc1Sc1ccccc1-2. The van der Waals surface area contributed by atoms with Gasteiger partial charge in [-0.3, -0.25) is 0 Å². The van der Waals surface area contributed by atoms with E-state index >= 15 is 0 Å². The number of fused-ring (bicyclic) bond motifs is 5. The number of benzene rings is 2. The monoisotopic (exact) mass is 358 g/mol. The van der Waals surface area contributed by atoms with E-state index in [4.69, 9.17) is 0 Å². The molecule has 0 bridgehead atoms. The van der Waals surface area contributed by atoms with E-state index < -0.39 is 0 Å². The third kappa shape index (κ3) is 1.96. The lowest BCUT2D eigenvalue weighted by Crippen LogP contribution is -1.78. The van der Waals surface area contributed by atoms with Gasteiger partial charge in [0.1, 0.15) is 0 Å². The molecule has 0 radical (unpaired) electrons. The zero-order valence-electron chi connectivity index (χ0n) is 10.6. The number of halogens is 1. The van der Waals surface area contributed by atoms with Crippen molar-refractivity contribution in [2.75, 3.05) is 0 Å². The Balaban J connectivity index is 2.08. The highest BCUT2D eigenvalue weighted by molar-refractivity contribution is 9.08. The van der Waals surface area contributed by atoms with Crippen LogP contribution in [0.3, 0.4) is 0 Å². The molecule has 98 valence electrons. The molecule has 0 unspecified atom stereocenters. The lowest BCUT2D eigenvalue weighted by Gasteiger charge is -2.05. The van der Waals surface area contributed by atoms with Crippen LogP contribution >= 0.6 is 39.0 Å². The maximum absolute atomic E-state index is 3.59. The number of alkyl halides is 1. The van der Waals surface area contributed by atoms with Crippen molar-refractivity contribution in [3.63, 3.8) is 0 Å². The minimum absolute atomic E-state index is 0.919. The summed E-state index contributed by atoms with van der Waals surface area (Å²) in [4.78, 5) is 5.47. The van der Waals surface area contributed by atoms with Crippen LogP contribution in [0.2, 0.25) is 0 Å². The van der Waals surface area contributed by atoms with E-state index in [2.05, 4.69) is 70.5 Å². The highest BCUT2D eigenvalue weighted by Crippen LogP contribution is 2.50. The summed E-state index contributed by atoms with van der Waals surface area (Å²) < 4.78 is 0. The largest absolute Gasteiger partial charge is 0.139 e. The molecule has 0 nitrogen and oxygen atoms in total. The Labute approximate surface area is 135 Å². The van der Waals surface area contributed by atoms with Crippen LogP contribution in [0.25, 0.3) is 21.6 Å². The minimum atomic E-state index is 0.919. The van der Waals surface area contributed by atoms with Crippen molar-refractivity contribution >= 4 is 39.0 Å². The summed E-state index contributed by atoms with van der Waals surface area (Å²) in [5.41, 5.74) is 4.09. The summed E-state index contributed by atoms with van der Waals surface area (Å²) in [5, 5.41) is 0.919. The molecule has 1 aliphatic rings. The van der Waals surface area contributed by atoms with E-state index in [1.807, 2.05) is 23.1 Å². The molecule has 0 atom stereocenters. The van der Waals surface area contributed by atoms with Gasteiger partial charge in [-0.05, 0) is 23.8 Å². The molecule has 0 N–H and O–H groups in total. The van der Waals surface area contributed by atoms with Gasteiger partial charge in [0.05, 0.1) is 0 Å². The van der Waals surface area contributed by atoms with Gasteiger partial charge in [-0.15, -0.1) is 11.3 Å². The molecule has 3 heteroatoms. The number of thiophene rings is 1. The predicted molar refractivity (Wildman–Crippen MR) is 91.9 cm³/mol. The maximum Gasteiger partial charge on any atom is 0.0436 e. The molecule has 0 fully saturated rings. The Morgan fingerprint density at radius 1 is 0.800 bits per heavy atom. The summed E-state index contributed by atoms with van der Waals surface area (Å²) in [6.45, 7) is 0. The van der Waals surface area contributed by atoms with Crippen LogP contribution in [0, 0.1) is 0 Å². The van der Waals surface area contributed by atoms with E-state index in [0.29, 0.717) is 0 Å². The fraction of sp³-hybridized carbons (Fsp3) is 0.0588. The molecular formula is C17H11BrS2. The van der Waals surface area contributed by atoms with Crippen molar-refractivity contribution in [3.8, 4) is 21.6 Å². The zero-order chi connectivity index (χ0) is 13.5. The first kappa shape index (κ1) is 12.7. The fourth-order valence-corrected chi connectivity index (χ4v) is 5.28. The molecule has 2 aromatic carbocycles. The topological polar surface area (TPSA) is 0 Å². The van der Waals surface area contributed by atoms with Crippen LogP contribution in [0.1, 0.15) is 4.88 Å². The number of rotatable bonds is 1. The standard InChI is InChI=1S/C17H11BrS2/c18-10-11-9-14-12-5-1-3-7-15(12)20-16-8-4-2-6-13(16)17(14)19-11/h1-9H,10H2. The van der Waals surface area contributed by atoms with Gasteiger partial charge in [0.15, 0.2) is 0 Å². The molecular weight excluding hydrogens is 348 g/mol. The first-order valence-electron chi connectivity index (χ1n) is 6.42. The first-order valence-corrected chi connectivity index (χ1v) is 9.17. The van der Waals surface area contributed by atoms with Crippen LogP contribution in [0.5, 0.6) is 0 Å². The summed E-state index contributed by atoms with van der Waals surface area (Å²) in [6.07, 6.45) is 0. The van der Waals surface area contributed by atoms with E-state index in [1.165, 1.54) is 36.2 Å². The average Bonchev–Trinajstić information content (AvgIpc) is 2.87. The Morgan fingerprint density at radius 2 is 1.45 bits per heavy atom. The smallest absolute Gasteiger partial charge is 0.0436 e. The third-order valence-electron chi connectivity index (χ3n) is 3.44. The van der Waals surface area contributed by atoms with Gasteiger partial charge in [0.25, 0.3) is 0 Å². The van der Waals surface area contributed by atoms with E-state index in [0.717, 1.165) is 5.33 Å². The molecule has 3 aromatic rings. The second kappa shape index (κ2) is 5.06. The number of hydrogen-bond donors (Lipinski definition) is 0. The zero-order valence-corrected chi connectivity index (χ0v) is 13.8. The van der Waals surface area contributed by atoms with Crippen molar-refractivity contribution in [1.29, 1.82) is 0 Å². The van der Waals surface area contributed by atoms with Crippen LogP contribution in [-0.4, -0.2) is 0 Å². The number of hydrogen-bond acceptors (Lipinski definition) is 2. The van der Waals surface area contributed by atoms with Crippen molar-refractivity contribution in [1.82, 2.24) is 0 Å². The third-order valence-corrected chi connectivity index (χ3v) is 6.74. The molecule has 0 saturated heterocycles.